The molecule has 0 amide bonds. The molecule has 4 N–H and O–H groups in total. The van der Waals surface area contributed by atoms with Crippen molar-refractivity contribution in [3.05, 3.63) is 42.4 Å². The van der Waals surface area contributed by atoms with Gasteiger partial charge >= 0.3 is 0 Å². The van der Waals surface area contributed by atoms with Crippen molar-refractivity contribution in [3.8, 4) is 11.3 Å². The van der Waals surface area contributed by atoms with Crippen molar-refractivity contribution in [2.45, 2.75) is 49.6 Å². The molecular weight excluding hydrogens is 378 g/mol. The standard InChI is InChI=1S/C19H23N5O3S/c1-12-8-13(17-11-22-19-18(20)21-6-7-24(17)19)10-16(9-12)28(26,27)23-14-2-4-15(25)5-3-14/h6-11,14-15,23,25H,2-5H2,1H3,(H2,20,21). The van der Waals surface area contributed by atoms with Gasteiger partial charge in [0, 0.05) is 24.0 Å². The number of nitrogens with two attached hydrogens (primary N) is 1. The second kappa shape index (κ2) is 7.16. The van der Waals surface area contributed by atoms with Crippen LogP contribution in [0.25, 0.3) is 16.9 Å². The molecule has 0 radical (unpaired) electrons. The first-order valence-corrected chi connectivity index (χ1v) is 10.7. The fraction of sp³-hybridized carbons (Fsp3) is 0.368. The predicted molar refractivity (Wildman–Crippen MR) is 106 cm³/mol. The quantitative estimate of drug-likeness (QED) is 0.613. The van der Waals surface area contributed by atoms with Crippen LogP contribution in [-0.4, -0.2) is 40.0 Å². The molecule has 1 aliphatic carbocycles. The van der Waals surface area contributed by atoms with Crippen LogP contribution in [0.4, 0.5) is 5.82 Å². The molecule has 1 aliphatic rings. The van der Waals surface area contributed by atoms with Crippen molar-refractivity contribution in [2.24, 2.45) is 0 Å². The molecule has 1 saturated carbocycles. The SMILES string of the molecule is Cc1cc(-c2cnc3c(N)nccn23)cc(S(=O)(=O)NC2CCC(O)CC2)c1. The summed E-state index contributed by atoms with van der Waals surface area (Å²) in [6, 6.07) is 5.06. The number of aliphatic hydroxyl groups excluding tert-OH is 1. The Morgan fingerprint density at radius 3 is 2.68 bits per heavy atom. The van der Waals surface area contributed by atoms with E-state index in [2.05, 4.69) is 14.7 Å². The summed E-state index contributed by atoms with van der Waals surface area (Å²) in [5.41, 5.74) is 8.70. The zero-order valence-corrected chi connectivity index (χ0v) is 16.4. The molecule has 0 saturated heterocycles. The van der Waals surface area contributed by atoms with E-state index in [9.17, 15) is 13.5 Å². The van der Waals surface area contributed by atoms with Gasteiger partial charge in [-0.3, -0.25) is 4.40 Å². The van der Waals surface area contributed by atoms with Gasteiger partial charge in [-0.2, -0.15) is 0 Å². The van der Waals surface area contributed by atoms with Gasteiger partial charge < -0.3 is 10.8 Å². The number of hydrogen-bond acceptors (Lipinski definition) is 6. The first-order valence-electron chi connectivity index (χ1n) is 9.23. The van der Waals surface area contributed by atoms with Crippen LogP contribution in [0.3, 0.4) is 0 Å². The highest BCUT2D eigenvalue weighted by Gasteiger charge is 2.25. The number of nitrogens with one attached hydrogen (secondary N) is 1. The van der Waals surface area contributed by atoms with E-state index in [4.69, 9.17) is 5.73 Å². The maximum Gasteiger partial charge on any atom is 0.240 e. The van der Waals surface area contributed by atoms with E-state index in [0.717, 1.165) is 16.8 Å². The van der Waals surface area contributed by atoms with Crippen LogP contribution >= 0.6 is 0 Å². The van der Waals surface area contributed by atoms with Gasteiger partial charge in [0.2, 0.25) is 10.0 Å². The summed E-state index contributed by atoms with van der Waals surface area (Å²) in [5.74, 6) is 0.315. The Morgan fingerprint density at radius 1 is 1.18 bits per heavy atom. The minimum absolute atomic E-state index is 0.154. The third-order valence-electron chi connectivity index (χ3n) is 5.13. The number of aryl methyl sites for hydroxylation is 1. The molecule has 1 aromatic carbocycles. The summed E-state index contributed by atoms with van der Waals surface area (Å²) in [6.45, 7) is 1.86. The van der Waals surface area contributed by atoms with Gasteiger partial charge in [0.05, 0.1) is 22.9 Å². The topological polar surface area (TPSA) is 123 Å². The Balaban J connectivity index is 1.69. The number of rotatable bonds is 4. The second-order valence-electron chi connectivity index (χ2n) is 7.31. The molecule has 0 aliphatic heterocycles. The van der Waals surface area contributed by atoms with Crippen LogP contribution in [0.15, 0.2) is 41.7 Å². The third-order valence-corrected chi connectivity index (χ3v) is 6.63. The molecule has 9 heteroatoms. The zero-order valence-electron chi connectivity index (χ0n) is 15.5. The Kier molecular flexibility index (Phi) is 4.82. The Morgan fingerprint density at radius 2 is 1.93 bits per heavy atom. The fourth-order valence-electron chi connectivity index (χ4n) is 3.68. The highest BCUT2D eigenvalue weighted by molar-refractivity contribution is 7.89. The van der Waals surface area contributed by atoms with Gasteiger partial charge in [0.15, 0.2) is 11.5 Å². The molecule has 8 nitrogen and oxygen atoms in total. The lowest BCUT2D eigenvalue weighted by molar-refractivity contribution is 0.120. The Labute approximate surface area is 163 Å². The van der Waals surface area contributed by atoms with Crippen LogP contribution < -0.4 is 10.5 Å². The minimum Gasteiger partial charge on any atom is -0.393 e. The lowest BCUT2D eigenvalue weighted by Crippen LogP contribution is -2.38. The number of aliphatic hydroxyl groups is 1. The normalized spacial score (nSPS) is 20.5. The van der Waals surface area contributed by atoms with Crippen molar-refractivity contribution in [1.82, 2.24) is 19.1 Å². The van der Waals surface area contributed by atoms with Gasteiger partial charge in [-0.05, 0) is 56.4 Å². The highest BCUT2D eigenvalue weighted by Crippen LogP contribution is 2.27. The lowest BCUT2D eigenvalue weighted by atomic mass is 9.94. The van der Waals surface area contributed by atoms with Crippen molar-refractivity contribution < 1.29 is 13.5 Å². The van der Waals surface area contributed by atoms with E-state index in [1.807, 2.05) is 13.0 Å². The summed E-state index contributed by atoms with van der Waals surface area (Å²) in [4.78, 5) is 8.55. The first kappa shape index (κ1) is 18.9. The molecule has 2 heterocycles. The maximum absolute atomic E-state index is 12.9. The molecule has 4 rings (SSSR count). The minimum atomic E-state index is -3.67. The summed E-state index contributed by atoms with van der Waals surface area (Å²) in [5, 5.41) is 9.63. The number of fused-ring (bicyclic) bond motifs is 1. The predicted octanol–water partition coefficient (Wildman–Crippen LogP) is 1.87. The van der Waals surface area contributed by atoms with E-state index < -0.39 is 10.0 Å². The smallest absolute Gasteiger partial charge is 0.240 e. The number of imidazole rings is 1. The van der Waals surface area contributed by atoms with E-state index in [1.165, 1.54) is 0 Å². The molecule has 28 heavy (non-hydrogen) atoms. The van der Waals surface area contributed by atoms with Gasteiger partial charge in [-0.15, -0.1) is 0 Å². The average Bonchev–Trinajstić information content (AvgIpc) is 3.08. The second-order valence-corrected chi connectivity index (χ2v) is 9.02. The molecule has 0 spiro atoms. The van der Waals surface area contributed by atoms with Gasteiger partial charge in [0.1, 0.15) is 0 Å². The van der Waals surface area contributed by atoms with E-state index in [1.54, 1.807) is 35.1 Å². The Bertz CT molecular complexity index is 1120. The molecule has 0 unspecified atom stereocenters. The molecule has 2 aromatic heterocycles. The monoisotopic (exact) mass is 401 g/mol. The summed E-state index contributed by atoms with van der Waals surface area (Å²) in [7, 11) is -3.67. The zero-order chi connectivity index (χ0) is 19.9. The van der Waals surface area contributed by atoms with Crippen molar-refractivity contribution in [3.63, 3.8) is 0 Å². The first-order chi connectivity index (χ1) is 13.3. The fourth-order valence-corrected chi connectivity index (χ4v) is 5.12. The average molecular weight is 401 g/mol. The maximum atomic E-state index is 12.9. The number of benzene rings is 1. The van der Waals surface area contributed by atoms with Gasteiger partial charge in [-0.25, -0.2) is 23.1 Å². The van der Waals surface area contributed by atoms with Gasteiger partial charge in [0.25, 0.3) is 0 Å². The van der Waals surface area contributed by atoms with Gasteiger partial charge in [-0.1, -0.05) is 0 Å². The van der Waals surface area contributed by atoms with E-state index in [-0.39, 0.29) is 17.0 Å². The molecular formula is C19H23N5O3S. The van der Waals surface area contributed by atoms with Crippen LogP contribution in [-0.2, 0) is 10.0 Å². The Hall–Kier alpha value is -2.49. The summed E-state index contributed by atoms with van der Waals surface area (Å²) in [6.07, 6.45) is 7.16. The van der Waals surface area contributed by atoms with E-state index >= 15 is 0 Å². The van der Waals surface area contributed by atoms with Crippen molar-refractivity contribution >= 4 is 21.5 Å². The van der Waals surface area contributed by atoms with Crippen LogP contribution in [0.5, 0.6) is 0 Å². The van der Waals surface area contributed by atoms with Crippen molar-refractivity contribution in [2.75, 3.05) is 5.73 Å². The molecule has 3 aromatic rings. The van der Waals surface area contributed by atoms with E-state index in [0.29, 0.717) is 37.1 Å². The largest absolute Gasteiger partial charge is 0.393 e. The molecule has 0 bridgehead atoms. The summed E-state index contributed by atoms with van der Waals surface area (Å²) < 4.78 is 30.5. The lowest BCUT2D eigenvalue weighted by Gasteiger charge is -2.26. The number of nitrogens with zero attached hydrogens (tertiary/aromatic N) is 3. The number of hydrogen-bond donors (Lipinski definition) is 3. The molecule has 1 fully saturated rings. The highest BCUT2D eigenvalue weighted by atomic mass is 32.2. The summed E-state index contributed by atoms with van der Waals surface area (Å²) >= 11 is 0. The van der Waals surface area contributed by atoms with Crippen molar-refractivity contribution in [1.29, 1.82) is 0 Å². The number of anilines is 1. The number of nitrogen functional groups attached to an aromatic ring is 1. The van der Waals surface area contributed by atoms with Crippen LogP contribution in [0.2, 0.25) is 0 Å². The van der Waals surface area contributed by atoms with Crippen LogP contribution in [0, 0.1) is 6.92 Å². The third kappa shape index (κ3) is 3.60. The number of sulfonamides is 1. The number of aromatic nitrogens is 3. The van der Waals surface area contributed by atoms with Crippen LogP contribution in [0.1, 0.15) is 31.2 Å². The molecule has 0 atom stereocenters. The molecule has 148 valence electrons.